The summed E-state index contributed by atoms with van der Waals surface area (Å²) in [7, 11) is 0. The summed E-state index contributed by atoms with van der Waals surface area (Å²) in [5, 5.41) is 0. The lowest BCUT2D eigenvalue weighted by molar-refractivity contribution is -0.148. The molecule has 1 heterocycles. The van der Waals surface area contributed by atoms with E-state index in [0.29, 0.717) is 6.61 Å². The van der Waals surface area contributed by atoms with Gasteiger partial charge in [0.1, 0.15) is 6.04 Å². The van der Waals surface area contributed by atoms with Gasteiger partial charge in [0.05, 0.1) is 6.61 Å². The van der Waals surface area contributed by atoms with Gasteiger partial charge in [-0.1, -0.05) is 6.92 Å². The summed E-state index contributed by atoms with van der Waals surface area (Å²) in [6, 6.07) is 0.0339. The minimum Gasteiger partial charge on any atom is -0.465 e. The zero-order valence-electron chi connectivity index (χ0n) is 10.4. The Hall–Kier alpha value is -0.220. The second kappa shape index (κ2) is 7.96. The Balaban J connectivity index is 2.26. The molecule has 3 nitrogen and oxygen atoms in total. The van der Waals surface area contributed by atoms with Gasteiger partial charge in [-0.3, -0.25) is 9.69 Å². The van der Waals surface area contributed by atoms with Crippen LogP contribution in [0.25, 0.3) is 0 Å². The molecule has 16 heavy (non-hydrogen) atoms. The largest absolute Gasteiger partial charge is 0.465 e. The molecule has 0 spiro atoms. The van der Waals surface area contributed by atoms with Crippen molar-refractivity contribution in [1.82, 2.24) is 4.90 Å². The van der Waals surface area contributed by atoms with Crippen LogP contribution < -0.4 is 0 Å². The average Bonchev–Trinajstić information content (AvgIpc) is 2.73. The van der Waals surface area contributed by atoms with Gasteiger partial charge >= 0.3 is 5.97 Å². The molecular formula is C12H23NO2S. The molecular weight excluding hydrogens is 222 g/mol. The molecule has 0 aromatic rings. The van der Waals surface area contributed by atoms with Crippen molar-refractivity contribution in [2.45, 2.75) is 39.2 Å². The van der Waals surface area contributed by atoms with Crippen LogP contribution in [0.3, 0.4) is 0 Å². The van der Waals surface area contributed by atoms with Crippen LogP contribution in [0.5, 0.6) is 0 Å². The minimum absolute atomic E-state index is 0.0249. The normalized spacial score (nSPS) is 21.2. The van der Waals surface area contributed by atoms with Crippen LogP contribution in [0.2, 0.25) is 0 Å². The topological polar surface area (TPSA) is 29.5 Å². The number of thioether (sulfide) groups is 1. The van der Waals surface area contributed by atoms with Crippen molar-refractivity contribution in [2.75, 3.05) is 31.2 Å². The van der Waals surface area contributed by atoms with Crippen molar-refractivity contribution in [3.63, 3.8) is 0 Å². The molecule has 4 heteroatoms. The van der Waals surface area contributed by atoms with Crippen LogP contribution in [0.4, 0.5) is 0 Å². The Labute approximate surface area is 103 Å². The number of carbonyl (C=O) groups is 1. The monoisotopic (exact) mass is 245 g/mol. The lowest BCUT2D eigenvalue weighted by Gasteiger charge is -2.22. The van der Waals surface area contributed by atoms with Gasteiger partial charge < -0.3 is 4.74 Å². The molecule has 0 saturated carbocycles. The fraction of sp³-hybridized carbons (Fsp3) is 0.917. The van der Waals surface area contributed by atoms with Gasteiger partial charge in [0.25, 0.3) is 0 Å². The maximum absolute atomic E-state index is 11.7. The first-order valence-electron chi connectivity index (χ1n) is 6.28. The van der Waals surface area contributed by atoms with Gasteiger partial charge in [-0.15, -0.1) is 0 Å². The van der Waals surface area contributed by atoms with Crippen molar-refractivity contribution in [2.24, 2.45) is 0 Å². The van der Waals surface area contributed by atoms with E-state index in [1.807, 2.05) is 18.7 Å². The van der Waals surface area contributed by atoms with Crippen LogP contribution in [0.1, 0.15) is 33.1 Å². The first kappa shape index (κ1) is 13.8. The van der Waals surface area contributed by atoms with E-state index in [-0.39, 0.29) is 12.0 Å². The third-order valence-corrected chi connectivity index (χ3v) is 3.85. The summed E-state index contributed by atoms with van der Waals surface area (Å²) < 4.78 is 5.10. The molecule has 0 radical (unpaired) electrons. The second-order valence-electron chi connectivity index (χ2n) is 4.00. The SMILES string of the molecule is CCOC(=O)C1CCCN1CCCSCC. The van der Waals surface area contributed by atoms with E-state index in [1.165, 1.54) is 17.9 Å². The number of likely N-dealkylation sites (tertiary alicyclic amines) is 1. The third-order valence-electron chi connectivity index (χ3n) is 2.86. The number of carbonyl (C=O) groups excluding carboxylic acids is 1. The van der Waals surface area contributed by atoms with Crippen LogP contribution in [0, 0.1) is 0 Å². The summed E-state index contributed by atoms with van der Waals surface area (Å²) in [6.45, 7) is 6.64. The molecule has 1 saturated heterocycles. The van der Waals surface area contributed by atoms with E-state index >= 15 is 0 Å². The van der Waals surface area contributed by atoms with E-state index in [4.69, 9.17) is 4.74 Å². The molecule has 1 aliphatic heterocycles. The lowest BCUT2D eigenvalue weighted by Crippen LogP contribution is -2.38. The zero-order valence-corrected chi connectivity index (χ0v) is 11.2. The van der Waals surface area contributed by atoms with E-state index in [1.54, 1.807) is 0 Å². The lowest BCUT2D eigenvalue weighted by atomic mass is 10.2. The van der Waals surface area contributed by atoms with Crippen molar-refractivity contribution < 1.29 is 9.53 Å². The maximum Gasteiger partial charge on any atom is 0.323 e. The number of esters is 1. The number of nitrogens with zero attached hydrogens (tertiary/aromatic N) is 1. The van der Waals surface area contributed by atoms with Crippen LogP contribution in [-0.2, 0) is 9.53 Å². The van der Waals surface area contributed by atoms with Gasteiger partial charge in [0, 0.05) is 0 Å². The quantitative estimate of drug-likeness (QED) is 0.508. The molecule has 94 valence electrons. The highest BCUT2D eigenvalue weighted by atomic mass is 32.2. The summed E-state index contributed by atoms with van der Waals surface area (Å²) in [4.78, 5) is 14.0. The highest BCUT2D eigenvalue weighted by Crippen LogP contribution is 2.19. The number of rotatable bonds is 7. The van der Waals surface area contributed by atoms with E-state index in [2.05, 4.69) is 11.8 Å². The van der Waals surface area contributed by atoms with E-state index in [9.17, 15) is 4.79 Å². The highest BCUT2D eigenvalue weighted by Gasteiger charge is 2.30. The van der Waals surface area contributed by atoms with Gasteiger partial charge in [-0.25, -0.2) is 0 Å². The van der Waals surface area contributed by atoms with Crippen molar-refractivity contribution in [1.29, 1.82) is 0 Å². The molecule has 0 aromatic carbocycles. The Morgan fingerprint density at radius 1 is 1.50 bits per heavy atom. The number of ether oxygens (including phenoxy) is 1. The molecule has 0 N–H and O–H groups in total. The van der Waals surface area contributed by atoms with Gasteiger partial charge in [-0.2, -0.15) is 11.8 Å². The summed E-state index contributed by atoms with van der Waals surface area (Å²) in [5.74, 6) is 2.35. The van der Waals surface area contributed by atoms with Crippen molar-refractivity contribution in [3.05, 3.63) is 0 Å². The van der Waals surface area contributed by atoms with Crippen molar-refractivity contribution in [3.8, 4) is 0 Å². The zero-order chi connectivity index (χ0) is 11.8. The van der Waals surface area contributed by atoms with Crippen LogP contribution >= 0.6 is 11.8 Å². The first-order valence-corrected chi connectivity index (χ1v) is 7.43. The smallest absolute Gasteiger partial charge is 0.323 e. The Morgan fingerprint density at radius 2 is 2.31 bits per heavy atom. The summed E-state index contributed by atoms with van der Waals surface area (Å²) in [6.07, 6.45) is 3.28. The van der Waals surface area contributed by atoms with E-state index < -0.39 is 0 Å². The first-order chi connectivity index (χ1) is 7.79. The predicted octanol–water partition coefficient (Wildman–Crippen LogP) is 2.16. The van der Waals surface area contributed by atoms with Crippen LogP contribution in [-0.4, -0.2) is 48.1 Å². The van der Waals surface area contributed by atoms with Crippen molar-refractivity contribution >= 4 is 17.7 Å². The predicted molar refractivity (Wildman–Crippen MR) is 68.8 cm³/mol. The molecule has 1 fully saturated rings. The average molecular weight is 245 g/mol. The highest BCUT2D eigenvalue weighted by molar-refractivity contribution is 7.99. The summed E-state index contributed by atoms with van der Waals surface area (Å²) >= 11 is 1.97. The van der Waals surface area contributed by atoms with E-state index in [0.717, 1.165) is 25.9 Å². The molecule has 1 rings (SSSR count). The molecule has 1 unspecified atom stereocenters. The fourth-order valence-electron chi connectivity index (χ4n) is 2.11. The van der Waals surface area contributed by atoms with Gasteiger partial charge in [-0.05, 0) is 50.8 Å². The fourth-order valence-corrected chi connectivity index (χ4v) is 2.74. The maximum atomic E-state index is 11.7. The second-order valence-corrected chi connectivity index (χ2v) is 5.39. The van der Waals surface area contributed by atoms with Gasteiger partial charge in [0.2, 0.25) is 0 Å². The Bertz CT molecular complexity index is 211. The molecule has 0 bridgehead atoms. The van der Waals surface area contributed by atoms with Gasteiger partial charge in [0.15, 0.2) is 0 Å². The van der Waals surface area contributed by atoms with Crippen LogP contribution in [0.15, 0.2) is 0 Å². The number of hydrogen-bond acceptors (Lipinski definition) is 4. The molecule has 0 amide bonds. The third kappa shape index (κ3) is 4.34. The molecule has 1 atom stereocenters. The summed E-state index contributed by atoms with van der Waals surface area (Å²) in [5.41, 5.74) is 0. The molecule has 1 aliphatic rings. The Kier molecular flexibility index (Phi) is 6.88. The molecule has 0 aromatic heterocycles. The standard InChI is InChI=1S/C12H23NO2S/c1-3-15-12(14)11-7-5-8-13(11)9-6-10-16-4-2/h11H,3-10H2,1-2H3. The number of hydrogen-bond donors (Lipinski definition) is 0. The Morgan fingerprint density at radius 3 is 3.00 bits per heavy atom. The minimum atomic E-state index is -0.0249. The molecule has 0 aliphatic carbocycles.